The topological polar surface area (TPSA) is 102 Å². The fourth-order valence-corrected chi connectivity index (χ4v) is 6.00. The highest BCUT2D eigenvalue weighted by Gasteiger charge is 2.38. The fraction of sp³-hybridized carbons (Fsp3) is 0.208. The number of oxazole rings is 1. The SMILES string of the molecule is COc1cc2c(cc1OC)C(c1ccccc1)N(S(=O)(=O)c1ccc3[nH]c(=O)oc3c1)CC2. The highest BCUT2D eigenvalue weighted by atomic mass is 32.2. The average molecular weight is 467 g/mol. The van der Waals surface area contributed by atoms with Crippen LogP contribution in [0.5, 0.6) is 11.5 Å². The second kappa shape index (κ2) is 8.09. The first-order valence-electron chi connectivity index (χ1n) is 10.4. The molecule has 4 aromatic rings. The molecule has 0 spiro atoms. The van der Waals surface area contributed by atoms with Gasteiger partial charge in [-0.15, -0.1) is 0 Å². The molecule has 0 aliphatic carbocycles. The van der Waals surface area contributed by atoms with E-state index in [9.17, 15) is 13.2 Å². The number of nitrogens with zero attached hydrogens (tertiary/aromatic N) is 1. The molecule has 2 heterocycles. The first-order chi connectivity index (χ1) is 15.9. The van der Waals surface area contributed by atoms with Crippen LogP contribution in [-0.4, -0.2) is 38.5 Å². The monoisotopic (exact) mass is 466 g/mol. The summed E-state index contributed by atoms with van der Waals surface area (Å²) >= 11 is 0. The molecule has 0 radical (unpaired) electrons. The van der Waals surface area contributed by atoms with Gasteiger partial charge in [0, 0.05) is 12.6 Å². The van der Waals surface area contributed by atoms with E-state index in [2.05, 4.69) is 4.98 Å². The van der Waals surface area contributed by atoms with Gasteiger partial charge >= 0.3 is 5.76 Å². The van der Waals surface area contributed by atoms with Gasteiger partial charge in [-0.05, 0) is 47.4 Å². The molecule has 3 aromatic carbocycles. The highest BCUT2D eigenvalue weighted by Crippen LogP contribution is 2.43. The van der Waals surface area contributed by atoms with Crippen LogP contribution in [0.4, 0.5) is 0 Å². The first kappa shape index (κ1) is 21.3. The Labute approximate surface area is 190 Å². The fourth-order valence-electron chi connectivity index (χ4n) is 4.38. The normalized spacial score (nSPS) is 16.5. The van der Waals surface area contributed by atoms with Gasteiger partial charge in [-0.1, -0.05) is 30.3 Å². The van der Waals surface area contributed by atoms with Crippen LogP contribution in [0.2, 0.25) is 0 Å². The molecule has 0 bridgehead atoms. The number of hydrogen-bond acceptors (Lipinski definition) is 6. The van der Waals surface area contributed by atoms with Gasteiger partial charge in [-0.25, -0.2) is 13.2 Å². The van der Waals surface area contributed by atoms with Gasteiger partial charge in [0.2, 0.25) is 10.0 Å². The van der Waals surface area contributed by atoms with E-state index in [1.54, 1.807) is 14.2 Å². The van der Waals surface area contributed by atoms with Crippen molar-refractivity contribution < 1.29 is 22.3 Å². The Hall–Kier alpha value is -3.56. The summed E-state index contributed by atoms with van der Waals surface area (Å²) in [5, 5.41) is 0. The third kappa shape index (κ3) is 3.59. The molecular formula is C24H22N2O6S. The molecule has 9 heteroatoms. The van der Waals surface area contributed by atoms with E-state index in [1.165, 1.54) is 22.5 Å². The number of sulfonamides is 1. The highest BCUT2D eigenvalue weighted by molar-refractivity contribution is 7.89. The number of methoxy groups -OCH3 is 2. The number of aromatic nitrogens is 1. The summed E-state index contributed by atoms with van der Waals surface area (Å²) in [5.41, 5.74) is 3.31. The molecule has 1 N–H and O–H groups in total. The van der Waals surface area contributed by atoms with Gasteiger partial charge in [0.15, 0.2) is 17.1 Å². The van der Waals surface area contributed by atoms with Crippen molar-refractivity contribution in [1.29, 1.82) is 0 Å². The lowest BCUT2D eigenvalue weighted by molar-refractivity contribution is 0.332. The second-order valence-corrected chi connectivity index (χ2v) is 9.65. The maximum Gasteiger partial charge on any atom is 0.417 e. The molecule has 0 saturated carbocycles. The zero-order chi connectivity index (χ0) is 23.2. The standard InChI is InChI=1S/C24H22N2O6S/c1-30-21-12-16-10-11-26(23(15-6-4-3-5-7-15)18(16)14-22(21)31-2)33(28,29)17-8-9-19-20(13-17)32-24(27)25-19/h3-9,12-14,23H,10-11H2,1-2H3,(H,25,27). The molecule has 8 nitrogen and oxygen atoms in total. The molecule has 0 amide bonds. The van der Waals surface area contributed by atoms with Crippen molar-refractivity contribution in [1.82, 2.24) is 9.29 Å². The maximum atomic E-state index is 13.8. The Kier molecular flexibility index (Phi) is 5.22. The molecule has 0 fully saturated rings. The minimum Gasteiger partial charge on any atom is -0.493 e. The van der Waals surface area contributed by atoms with Crippen molar-refractivity contribution in [3.8, 4) is 11.5 Å². The summed E-state index contributed by atoms with van der Waals surface area (Å²) < 4.78 is 45.2. The summed E-state index contributed by atoms with van der Waals surface area (Å²) in [6.45, 7) is 0.277. The minimum absolute atomic E-state index is 0.0580. The van der Waals surface area contributed by atoms with Gasteiger partial charge in [0.1, 0.15) is 0 Å². The largest absolute Gasteiger partial charge is 0.493 e. The van der Waals surface area contributed by atoms with Gasteiger partial charge in [0.25, 0.3) is 0 Å². The van der Waals surface area contributed by atoms with E-state index in [-0.39, 0.29) is 17.0 Å². The Balaban J connectivity index is 1.68. The van der Waals surface area contributed by atoms with Gasteiger partial charge in [-0.2, -0.15) is 4.31 Å². The van der Waals surface area contributed by atoms with E-state index < -0.39 is 21.8 Å². The van der Waals surface area contributed by atoms with Crippen LogP contribution in [0, 0.1) is 0 Å². The summed E-state index contributed by atoms with van der Waals surface area (Å²) in [5.74, 6) is 0.508. The van der Waals surface area contributed by atoms with Crippen LogP contribution in [0.25, 0.3) is 11.1 Å². The predicted octanol–water partition coefficient (Wildman–Crippen LogP) is 3.47. The third-order valence-corrected chi connectivity index (χ3v) is 7.80. The van der Waals surface area contributed by atoms with Crippen molar-refractivity contribution in [2.45, 2.75) is 17.4 Å². The van der Waals surface area contributed by atoms with Crippen molar-refractivity contribution in [2.24, 2.45) is 0 Å². The average Bonchev–Trinajstić information content (AvgIpc) is 3.22. The Morgan fingerprint density at radius 1 is 1.00 bits per heavy atom. The molecule has 1 aromatic heterocycles. The first-order valence-corrected chi connectivity index (χ1v) is 11.8. The van der Waals surface area contributed by atoms with Crippen LogP contribution in [0.1, 0.15) is 22.7 Å². The number of H-pyrrole nitrogens is 1. The van der Waals surface area contributed by atoms with Crippen molar-refractivity contribution in [3.05, 3.63) is 87.9 Å². The number of aromatic amines is 1. The van der Waals surface area contributed by atoms with Crippen molar-refractivity contribution >= 4 is 21.1 Å². The minimum atomic E-state index is -3.93. The van der Waals surface area contributed by atoms with E-state index in [0.29, 0.717) is 23.4 Å². The van der Waals surface area contributed by atoms with Gasteiger partial charge < -0.3 is 13.9 Å². The smallest absolute Gasteiger partial charge is 0.417 e. The van der Waals surface area contributed by atoms with Crippen LogP contribution in [0.3, 0.4) is 0 Å². The summed E-state index contributed by atoms with van der Waals surface area (Å²) in [4.78, 5) is 14.1. The maximum absolute atomic E-state index is 13.8. The Morgan fingerprint density at radius 2 is 1.73 bits per heavy atom. The van der Waals surface area contributed by atoms with Crippen LogP contribution in [0.15, 0.2) is 74.8 Å². The van der Waals surface area contributed by atoms with E-state index in [1.807, 2.05) is 42.5 Å². The Bertz CT molecular complexity index is 1490. The van der Waals surface area contributed by atoms with E-state index >= 15 is 0 Å². The molecule has 0 saturated heterocycles. The number of ether oxygens (including phenoxy) is 2. The summed E-state index contributed by atoms with van der Waals surface area (Å²) in [6, 6.07) is 17.1. The lowest BCUT2D eigenvalue weighted by Gasteiger charge is -2.37. The Morgan fingerprint density at radius 3 is 2.45 bits per heavy atom. The number of hydrogen-bond donors (Lipinski definition) is 1. The van der Waals surface area contributed by atoms with E-state index in [4.69, 9.17) is 13.9 Å². The molecular weight excluding hydrogens is 444 g/mol. The molecule has 170 valence electrons. The molecule has 1 atom stereocenters. The summed E-state index contributed by atoms with van der Waals surface area (Å²) in [7, 11) is -0.802. The zero-order valence-electron chi connectivity index (χ0n) is 18.1. The van der Waals surface area contributed by atoms with Gasteiger partial charge in [0.05, 0.1) is 30.7 Å². The molecule has 5 rings (SSSR count). The lowest BCUT2D eigenvalue weighted by Crippen LogP contribution is -2.40. The van der Waals surface area contributed by atoms with Crippen molar-refractivity contribution in [3.63, 3.8) is 0 Å². The van der Waals surface area contributed by atoms with Crippen LogP contribution < -0.4 is 15.2 Å². The molecule has 1 unspecified atom stereocenters. The second-order valence-electron chi connectivity index (χ2n) is 7.76. The summed E-state index contributed by atoms with van der Waals surface area (Å²) in [6.07, 6.45) is 0.514. The van der Waals surface area contributed by atoms with Crippen LogP contribution in [-0.2, 0) is 16.4 Å². The zero-order valence-corrected chi connectivity index (χ0v) is 18.9. The molecule has 1 aliphatic heterocycles. The number of benzene rings is 3. The van der Waals surface area contributed by atoms with Gasteiger partial charge in [-0.3, -0.25) is 4.98 Å². The van der Waals surface area contributed by atoms with E-state index in [0.717, 1.165) is 16.7 Å². The van der Waals surface area contributed by atoms with Crippen LogP contribution >= 0.6 is 0 Å². The van der Waals surface area contributed by atoms with Crippen molar-refractivity contribution in [2.75, 3.05) is 20.8 Å². The number of fused-ring (bicyclic) bond motifs is 2. The lowest BCUT2D eigenvalue weighted by atomic mass is 9.89. The quantitative estimate of drug-likeness (QED) is 0.483. The molecule has 33 heavy (non-hydrogen) atoms. The number of nitrogens with one attached hydrogen (secondary N) is 1. The molecule has 1 aliphatic rings. The predicted molar refractivity (Wildman–Crippen MR) is 122 cm³/mol. The number of rotatable bonds is 5. The third-order valence-electron chi connectivity index (χ3n) is 5.94.